The van der Waals surface area contributed by atoms with Gasteiger partial charge in [-0.05, 0) is 20.0 Å². The summed E-state index contributed by atoms with van der Waals surface area (Å²) in [5, 5.41) is 3.14. The summed E-state index contributed by atoms with van der Waals surface area (Å²) in [5.74, 6) is 3.07. The Kier molecular flexibility index (Phi) is 3.64. The number of rotatable bonds is 5. The first kappa shape index (κ1) is 11.9. The van der Waals surface area contributed by atoms with Crippen molar-refractivity contribution in [1.29, 1.82) is 0 Å². The van der Waals surface area contributed by atoms with Crippen LogP contribution in [0.25, 0.3) is 0 Å². The van der Waals surface area contributed by atoms with Crippen molar-refractivity contribution in [3.05, 3.63) is 41.4 Å². The molecule has 4 nitrogen and oxygen atoms in total. The molecule has 0 aliphatic heterocycles. The molecule has 0 aliphatic carbocycles. The summed E-state index contributed by atoms with van der Waals surface area (Å²) >= 11 is 0. The fourth-order valence-electron chi connectivity index (χ4n) is 2.00. The lowest BCUT2D eigenvalue weighted by Crippen LogP contribution is -2.05. The third kappa shape index (κ3) is 2.58. The maximum Gasteiger partial charge on any atom is 0.124 e. The highest BCUT2D eigenvalue weighted by Gasteiger charge is 2.08. The van der Waals surface area contributed by atoms with Gasteiger partial charge < -0.3 is 14.3 Å². The van der Waals surface area contributed by atoms with Crippen molar-refractivity contribution < 1.29 is 4.42 Å². The van der Waals surface area contributed by atoms with Crippen LogP contribution in [0.4, 0.5) is 0 Å². The number of hydrogen-bond donors (Lipinski definition) is 1. The third-order valence-corrected chi connectivity index (χ3v) is 2.88. The summed E-state index contributed by atoms with van der Waals surface area (Å²) in [6.07, 6.45) is 4.77. The van der Waals surface area contributed by atoms with Gasteiger partial charge in [0.2, 0.25) is 0 Å². The Hall–Kier alpha value is -1.55. The van der Waals surface area contributed by atoms with Crippen LogP contribution in [0.2, 0.25) is 0 Å². The van der Waals surface area contributed by atoms with E-state index in [4.69, 9.17) is 4.42 Å². The standard InChI is InChI=1S/C13H19N3O/c1-4-13-15-5-6-16(13)9-12-7-11(8-14-3)10(2)17-12/h5-7,14H,4,8-9H2,1-3H3. The zero-order valence-corrected chi connectivity index (χ0v) is 10.7. The lowest BCUT2D eigenvalue weighted by atomic mass is 10.2. The Bertz CT molecular complexity index is 485. The molecule has 0 aliphatic rings. The maximum absolute atomic E-state index is 5.75. The van der Waals surface area contributed by atoms with Gasteiger partial charge in [0, 0.05) is 30.9 Å². The smallest absolute Gasteiger partial charge is 0.124 e. The van der Waals surface area contributed by atoms with Crippen LogP contribution in [0.3, 0.4) is 0 Å². The molecule has 2 rings (SSSR count). The molecule has 0 saturated heterocycles. The van der Waals surface area contributed by atoms with Crippen molar-refractivity contribution in [2.75, 3.05) is 7.05 Å². The zero-order valence-electron chi connectivity index (χ0n) is 10.7. The third-order valence-electron chi connectivity index (χ3n) is 2.88. The second-order valence-electron chi connectivity index (χ2n) is 4.15. The number of furan rings is 1. The minimum atomic E-state index is 0.758. The Morgan fingerprint density at radius 3 is 3.00 bits per heavy atom. The van der Waals surface area contributed by atoms with Crippen LogP contribution >= 0.6 is 0 Å². The molecule has 0 spiro atoms. The van der Waals surface area contributed by atoms with Crippen LogP contribution in [0.5, 0.6) is 0 Å². The Morgan fingerprint density at radius 2 is 2.29 bits per heavy atom. The minimum Gasteiger partial charge on any atom is -0.464 e. The number of aryl methyl sites for hydroxylation is 2. The normalized spacial score (nSPS) is 11.0. The van der Waals surface area contributed by atoms with Crippen LogP contribution in [0.15, 0.2) is 22.9 Å². The van der Waals surface area contributed by atoms with E-state index < -0.39 is 0 Å². The number of nitrogens with one attached hydrogen (secondary N) is 1. The molecule has 0 radical (unpaired) electrons. The predicted octanol–water partition coefficient (Wildman–Crippen LogP) is 2.11. The van der Waals surface area contributed by atoms with E-state index in [1.165, 1.54) is 5.56 Å². The van der Waals surface area contributed by atoms with Crippen LogP contribution < -0.4 is 5.32 Å². The van der Waals surface area contributed by atoms with E-state index in [9.17, 15) is 0 Å². The fraction of sp³-hybridized carbons (Fsp3) is 0.462. The average molecular weight is 233 g/mol. The molecule has 92 valence electrons. The van der Waals surface area contributed by atoms with Crippen LogP contribution in [0, 0.1) is 6.92 Å². The van der Waals surface area contributed by atoms with Crippen LogP contribution in [-0.2, 0) is 19.5 Å². The molecule has 0 fully saturated rings. The number of nitrogens with zero attached hydrogens (tertiary/aromatic N) is 2. The van der Waals surface area contributed by atoms with Crippen molar-refractivity contribution in [2.45, 2.75) is 33.4 Å². The first-order chi connectivity index (χ1) is 8.24. The van der Waals surface area contributed by atoms with Gasteiger partial charge in [-0.3, -0.25) is 0 Å². The largest absolute Gasteiger partial charge is 0.464 e. The molecule has 0 bridgehead atoms. The van der Waals surface area contributed by atoms with E-state index in [1.807, 2.05) is 26.4 Å². The van der Waals surface area contributed by atoms with Gasteiger partial charge in [0.1, 0.15) is 17.3 Å². The molecular formula is C13H19N3O. The molecular weight excluding hydrogens is 214 g/mol. The highest BCUT2D eigenvalue weighted by atomic mass is 16.3. The zero-order chi connectivity index (χ0) is 12.3. The molecule has 0 aromatic carbocycles. The number of hydrogen-bond acceptors (Lipinski definition) is 3. The van der Waals surface area contributed by atoms with Gasteiger partial charge in [-0.1, -0.05) is 6.92 Å². The molecule has 2 aromatic rings. The van der Waals surface area contributed by atoms with Gasteiger partial charge in [0.15, 0.2) is 0 Å². The van der Waals surface area contributed by atoms with E-state index in [-0.39, 0.29) is 0 Å². The molecule has 4 heteroatoms. The van der Waals surface area contributed by atoms with Gasteiger partial charge in [-0.15, -0.1) is 0 Å². The maximum atomic E-state index is 5.75. The van der Waals surface area contributed by atoms with Gasteiger partial charge in [-0.25, -0.2) is 4.98 Å². The lowest BCUT2D eigenvalue weighted by molar-refractivity contribution is 0.464. The summed E-state index contributed by atoms with van der Waals surface area (Å²) in [6.45, 7) is 5.72. The SMILES string of the molecule is CCc1nccn1Cc1cc(CNC)c(C)o1. The minimum absolute atomic E-state index is 0.758. The van der Waals surface area contributed by atoms with E-state index >= 15 is 0 Å². The summed E-state index contributed by atoms with van der Waals surface area (Å²) in [6, 6.07) is 2.12. The summed E-state index contributed by atoms with van der Waals surface area (Å²) in [5.41, 5.74) is 1.22. The van der Waals surface area contributed by atoms with Crippen molar-refractivity contribution in [3.8, 4) is 0 Å². The summed E-state index contributed by atoms with van der Waals surface area (Å²) in [4.78, 5) is 4.31. The monoisotopic (exact) mass is 233 g/mol. The second-order valence-corrected chi connectivity index (χ2v) is 4.15. The van der Waals surface area contributed by atoms with Gasteiger partial charge in [-0.2, -0.15) is 0 Å². The lowest BCUT2D eigenvalue weighted by Gasteiger charge is -2.03. The van der Waals surface area contributed by atoms with Gasteiger partial charge >= 0.3 is 0 Å². The number of aromatic nitrogens is 2. The average Bonchev–Trinajstić information content (AvgIpc) is 2.87. The topological polar surface area (TPSA) is 43.0 Å². The van der Waals surface area contributed by atoms with Crippen LogP contribution in [0.1, 0.15) is 29.8 Å². The van der Waals surface area contributed by atoms with E-state index in [0.29, 0.717) is 0 Å². The Balaban J connectivity index is 2.16. The quantitative estimate of drug-likeness (QED) is 0.860. The Labute approximate surface area is 102 Å². The molecule has 2 heterocycles. The molecule has 0 saturated carbocycles. The van der Waals surface area contributed by atoms with Crippen molar-refractivity contribution in [2.24, 2.45) is 0 Å². The van der Waals surface area contributed by atoms with Crippen LogP contribution in [-0.4, -0.2) is 16.6 Å². The molecule has 0 amide bonds. The molecule has 0 atom stereocenters. The fourth-order valence-corrected chi connectivity index (χ4v) is 2.00. The van der Waals surface area contributed by atoms with Crippen molar-refractivity contribution in [3.63, 3.8) is 0 Å². The Morgan fingerprint density at radius 1 is 1.47 bits per heavy atom. The molecule has 2 aromatic heterocycles. The van der Waals surface area contributed by atoms with Crippen molar-refractivity contribution in [1.82, 2.24) is 14.9 Å². The molecule has 1 N–H and O–H groups in total. The first-order valence-electron chi connectivity index (χ1n) is 5.97. The van der Waals surface area contributed by atoms with E-state index in [1.54, 1.807) is 0 Å². The van der Waals surface area contributed by atoms with Gasteiger partial charge in [0.25, 0.3) is 0 Å². The first-order valence-corrected chi connectivity index (χ1v) is 5.97. The van der Waals surface area contributed by atoms with E-state index in [0.717, 1.165) is 36.9 Å². The van der Waals surface area contributed by atoms with Gasteiger partial charge in [0.05, 0.1) is 6.54 Å². The van der Waals surface area contributed by atoms with Crippen molar-refractivity contribution >= 4 is 0 Å². The second kappa shape index (κ2) is 5.19. The number of imidazole rings is 1. The molecule has 17 heavy (non-hydrogen) atoms. The summed E-state index contributed by atoms with van der Waals surface area (Å²) in [7, 11) is 1.94. The highest BCUT2D eigenvalue weighted by Crippen LogP contribution is 2.16. The van der Waals surface area contributed by atoms with E-state index in [2.05, 4.69) is 27.9 Å². The molecule has 0 unspecified atom stereocenters. The predicted molar refractivity (Wildman–Crippen MR) is 66.9 cm³/mol. The highest BCUT2D eigenvalue weighted by molar-refractivity contribution is 5.21. The summed E-state index contributed by atoms with van der Waals surface area (Å²) < 4.78 is 7.88.